The lowest BCUT2D eigenvalue weighted by Gasteiger charge is -2.29. The Hall–Kier alpha value is 0.0700. The van der Waals surface area contributed by atoms with Crippen molar-refractivity contribution in [2.75, 3.05) is 27.2 Å². The van der Waals surface area contributed by atoms with Crippen molar-refractivity contribution in [1.29, 1.82) is 0 Å². The molecule has 0 saturated carbocycles. The van der Waals surface area contributed by atoms with E-state index >= 15 is 0 Å². The molecule has 0 heterocycles. The topological polar surface area (TPSA) is 80.6 Å². The van der Waals surface area contributed by atoms with Crippen molar-refractivity contribution < 1.29 is 23.7 Å². The normalized spacial score (nSPS) is 12.0. The molecule has 0 aliphatic carbocycles. The quantitative estimate of drug-likeness (QED) is 0.347. The van der Waals surface area contributed by atoms with Gasteiger partial charge in [0.05, 0.1) is 27.2 Å². The summed E-state index contributed by atoms with van der Waals surface area (Å²) in [7, 11) is -0.126. The Balaban J connectivity index is 0. The van der Waals surface area contributed by atoms with Crippen LogP contribution in [0.15, 0.2) is 0 Å². The van der Waals surface area contributed by atoms with Crippen LogP contribution < -0.4 is 4.89 Å². The zero-order valence-corrected chi connectivity index (χ0v) is 15.3. The molecule has 0 unspecified atom stereocenters. The van der Waals surface area contributed by atoms with E-state index in [0.717, 1.165) is 0 Å². The Morgan fingerprint density at radius 2 is 1.14 bits per heavy atom. The van der Waals surface area contributed by atoms with E-state index in [4.69, 9.17) is 19.2 Å². The molecule has 0 aromatic carbocycles. The summed E-state index contributed by atoms with van der Waals surface area (Å²) in [4.78, 5) is 22.9. The number of hydrogen-bond donors (Lipinski definition) is 2. The molecule has 21 heavy (non-hydrogen) atoms. The molecule has 0 spiro atoms. The minimum atomic E-state index is -4.89. The van der Waals surface area contributed by atoms with Crippen molar-refractivity contribution in [1.82, 2.24) is 0 Å². The van der Waals surface area contributed by atoms with E-state index in [-0.39, 0.29) is 0 Å². The van der Waals surface area contributed by atoms with Gasteiger partial charge in [-0.05, 0) is 19.3 Å². The van der Waals surface area contributed by atoms with Gasteiger partial charge in [-0.25, -0.2) is 0 Å². The molecule has 130 valence electrons. The number of rotatable bonds is 11. The Morgan fingerprint density at radius 1 is 0.810 bits per heavy atom. The van der Waals surface area contributed by atoms with Crippen LogP contribution in [0, 0.1) is 0 Å². The predicted molar refractivity (Wildman–Crippen MR) is 86.8 cm³/mol. The molecular weight excluding hydrogens is 289 g/mol. The van der Waals surface area contributed by atoms with E-state index in [9.17, 15) is 0 Å². The van der Waals surface area contributed by atoms with Crippen LogP contribution >= 0.6 is 7.82 Å². The third-order valence-electron chi connectivity index (χ3n) is 3.48. The van der Waals surface area contributed by atoms with Gasteiger partial charge in [0.2, 0.25) is 0 Å². The first-order valence-electron chi connectivity index (χ1n) is 8.21. The molecule has 0 rings (SSSR count). The minimum Gasteiger partial charge on any atom is -0.756 e. The lowest BCUT2D eigenvalue weighted by Crippen LogP contribution is -2.41. The highest BCUT2D eigenvalue weighted by Crippen LogP contribution is 2.19. The zero-order valence-electron chi connectivity index (χ0n) is 14.4. The number of quaternary nitrogens is 1. The molecule has 0 aliphatic rings. The number of hydrogen-bond acceptors (Lipinski definition) is 2. The average molecular weight is 325 g/mol. The molecule has 5 nitrogen and oxygen atoms in total. The second-order valence-corrected chi connectivity index (χ2v) is 7.33. The lowest BCUT2D eigenvalue weighted by atomic mass is 10.1. The molecule has 0 saturated heterocycles. The summed E-state index contributed by atoms with van der Waals surface area (Å²) in [5, 5.41) is 0. The highest BCUT2D eigenvalue weighted by molar-refractivity contribution is 7.43. The molecule has 6 heteroatoms. The van der Waals surface area contributed by atoms with E-state index in [1.165, 1.54) is 75.4 Å². The summed E-state index contributed by atoms with van der Waals surface area (Å²) in [6, 6.07) is 0. The molecule has 2 N–H and O–H groups in total. The Labute approximate surface area is 131 Å². The number of unbranched alkanes of at least 4 members (excludes halogenated alkanes) is 7. The molecule has 0 aliphatic heterocycles. The van der Waals surface area contributed by atoms with Gasteiger partial charge in [-0.15, -0.1) is 0 Å². The van der Waals surface area contributed by atoms with Crippen molar-refractivity contribution in [3.8, 4) is 0 Å². The van der Waals surface area contributed by atoms with Gasteiger partial charge in [0, 0.05) is 0 Å². The van der Waals surface area contributed by atoms with E-state index in [2.05, 4.69) is 27.9 Å². The molecule has 0 aromatic rings. The van der Waals surface area contributed by atoms with Crippen LogP contribution in [0.3, 0.4) is 0 Å². The van der Waals surface area contributed by atoms with Crippen LogP contribution in [0.2, 0.25) is 0 Å². The van der Waals surface area contributed by atoms with Crippen molar-refractivity contribution in [3.63, 3.8) is 0 Å². The summed E-state index contributed by atoms with van der Waals surface area (Å²) >= 11 is 0. The standard InChI is InChI=1S/C15H34N.H3O4P/c1-5-7-9-10-11-12-13-15-16(3,4)14-8-6-2;1-5(2,3)4/h5-15H2,1-4H3;(H3,1,2,3,4)/q+1;/p-1. The van der Waals surface area contributed by atoms with Crippen LogP contribution in [0.4, 0.5) is 0 Å². The molecule has 0 atom stereocenters. The first kappa shape index (κ1) is 23.3. The first-order valence-corrected chi connectivity index (χ1v) is 9.74. The van der Waals surface area contributed by atoms with E-state index < -0.39 is 7.82 Å². The van der Waals surface area contributed by atoms with Gasteiger partial charge < -0.3 is 19.2 Å². The SMILES string of the molecule is CCCCCCCCC[N+](C)(C)CCCC.O=P([O-])(O)O. The van der Waals surface area contributed by atoms with Crippen molar-refractivity contribution >= 4 is 7.82 Å². The smallest absolute Gasteiger partial charge is 0.262 e. The molecule has 0 amide bonds. The van der Waals surface area contributed by atoms with Gasteiger partial charge in [0.15, 0.2) is 0 Å². The second kappa shape index (κ2) is 13.7. The lowest BCUT2D eigenvalue weighted by molar-refractivity contribution is -0.890. The minimum absolute atomic E-state index is 1.23. The van der Waals surface area contributed by atoms with Gasteiger partial charge in [-0.1, -0.05) is 52.4 Å². The highest BCUT2D eigenvalue weighted by Gasteiger charge is 2.12. The molecular formula is C15H36NO4P. The van der Waals surface area contributed by atoms with Gasteiger partial charge in [-0.2, -0.15) is 0 Å². The maximum absolute atomic E-state index is 8.77. The Morgan fingerprint density at radius 3 is 1.57 bits per heavy atom. The van der Waals surface area contributed by atoms with E-state index in [1.54, 1.807) is 0 Å². The predicted octanol–water partition coefficient (Wildman–Crippen LogP) is 3.05. The maximum atomic E-state index is 8.77. The number of phosphoric acid groups is 1. The summed E-state index contributed by atoms with van der Waals surface area (Å²) < 4.78 is 10.00. The molecule has 0 radical (unpaired) electrons. The second-order valence-electron chi connectivity index (χ2n) is 6.35. The summed E-state index contributed by atoms with van der Waals surface area (Å²) in [5.74, 6) is 0. The summed E-state index contributed by atoms with van der Waals surface area (Å²) in [6.45, 7) is 7.29. The molecule has 0 bridgehead atoms. The fraction of sp³-hybridized carbons (Fsp3) is 1.00. The third-order valence-corrected chi connectivity index (χ3v) is 3.48. The van der Waals surface area contributed by atoms with Gasteiger partial charge in [-0.3, -0.25) is 4.57 Å². The maximum Gasteiger partial charge on any atom is 0.262 e. The average Bonchev–Trinajstić information content (AvgIpc) is 2.33. The Kier molecular flexibility index (Phi) is 15.2. The monoisotopic (exact) mass is 325 g/mol. The highest BCUT2D eigenvalue weighted by atomic mass is 31.2. The van der Waals surface area contributed by atoms with Gasteiger partial charge in [0.25, 0.3) is 7.82 Å². The molecule has 0 aromatic heterocycles. The van der Waals surface area contributed by atoms with Gasteiger partial charge >= 0.3 is 0 Å². The van der Waals surface area contributed by atoms with Crippen LogP contribution in [-0.4, -0.2) is 41.5 Å². The third kappa shape index (κ3) is 28.9. The van der Waals surface area contributed by atoms with E-state index in [1.807, 2.05) is 0 Å². The summed E-state index contributed by atoms with van der Waals surface area (Å²) in [6.07, 6.45) is 12.7. The van der Waals surface area contributed by atoms with Crippen LogP contribution in [0.5, 0.6) is 0 Å². The fourth-order valence-corrected chi connectivity index (χ4v) is 2.19. The summed E-state index contributed by atoms with van der Waals surface area (Å²) in [5.41, 5.74) is 0. The number of nitrogens with zero attached hydrogens (tertiary/aromatic N) is 1. The van der Waals surface area contributed by atoms with Crippen LogP contribution in [0.25, 0.3) is 0 Å². The van der Waals surface area contributed by atoms with Crippen LogP contribution in [-0.2, 0) is 4.57 Å². The molecule has 0 fully saturated rings. The van der Waals surface area contributed by atoms with Crippen molar-refractivity contribution in [3.05, 3.63) is 0 Å². The van der Waals surface area contributed by atoms with Crippen LogP contribution in [0.1, 0.15) is 71.6 Å². The zero-order chi connectivity index (χ0) is 16.8. The fourth-order valence-electron chi connectivity index (χ4n) is 2.19. The largest absolute Gasteiger partial charge is 0.756 e. The Bertz CT molecular complexity index is 258. The van der Waals surface area contributed by atoms with Crippen molar-refractivity contribution in [2.45, 2.75) is 71.6 Å². The van der Waals surface area contributed by atoms with Gasteiger partial charge in [0.1, 0.15) is 0 Å². The van der Waals surface area contributed by atoms with E-state index in [0.29, 0.717) is 0 Å². The van der Waals surface area contributed by atoms with Crippen molar-refractivity contribution in [2.24, 2.45) is 0 Å². The first-order chi connectivity index (χ1) is 9.62.